The lowest BCUT2D eigenvalue weighted by molar-refractivity contribution is 0.350. The molecule has 70 heavy (non-hydrogen) atoms. The zero-order chi connectivity index (χ0) is 51.5. The summed E-state index contributed by atoms with van der Waals surface area (Å²) in [5.41, 5.74) is 10.5. The van der Waals surface area contributed by atoms with Crippen molar-refractivity contribution in [1.82, 2.24) is 0 Å². The van der Waals surface area contributed by atoms with Crippen LogP contribution in [0.1, 0.15) is 207 Å². The van der Waals surface area contributed by atoms with Gasteiger partial charge < -0.3 is 0 Å². The first-order chi connectivity index (χ1) is 33.0. The van der Waals surface area contributed by atoms with Crippen LogP contribution in [0.3, 0.4) is 0 Å². The fraction of sp³-hybridized carbons (Fsp3) is 0.508. The van der Waals surface area contributed by atoms with Gasteiger partial charge in [0.15, 0.2) is 0 Å². The Hall–Kier alpha value is -4.51. The van der Waals surface area contributed by atoms with Crippen molar-refractivity contribution in [2.24, 2.45) is 0 Å². The second-order valence-electron chi connectivity index (χ2n) is 23.9. The minimum Gasteiger partial charge on any atom is -0.251 e. The minimum absolute atomic E-state index is 0.0573. The van der Waals surface area contributed by atoms with Crippen LogP contribution in [-0.2, 0) is 27.1 Å². The molecule has 5 rings (SSSR count). The third-order valence-electron chi connectivity index (χ3n) is 16.1. The van der Waals surface area contributed by atoms with Gasteiger partial charge in [0.2, 0.25) is 0 Å². The lowest BCUT2D eigenvalue weighted by Gasteiger charge is -2.34. The second-order valence-corrected chi connectivity index (χ2v) is 23.9. The van der Waals surface area contributed by atoms with Gasteiger partial charge in [0.25, 0.3) is 0 Å². The maximum absolute atomic E-state index is 14.9. The highest BCUT2D eigenvalue weighted by Gasteiger charge is 2.32. The lowest BCUT2D eigenvalue weighted by Crippen LogP contribution is -2.24. The standard InChI is InChI=1S/C65H85F5/c1-46(2)47-14-24-57(25-15-47)62(5,6)37-34-53(43-68)49-18-28-58(29-19-49)63(7,8)41-54(40-52(35-39-67)48-16-32-60(33-17-48)65(11,12)45-70)50-20-30-59(31-21-50)64(9,10)42-55(44-69)51-22-26-56(27-23-51)61(3,4)36-13-38-66/h14-33,52-55H,1,13,34-45H2,2-12H3. The summed E-state index contributed by atoms with van der Waals surface area (Å²) in [4.78, 5) is 0. The van der Waals surface area contributed by atoms with Gasteiger partial charge in [-0.1, -0.05) is 203 Å². The Morgan fingerprint density at radius 3 is 1.16 bits per heavy atom. The highest BCUT2D eigenvalue weighted by atomic mass is 19.1. The van der Waals surface area contributed by atoms with E-state index in [1.165, 1.54) is 16.7 Å². The maximum Gasteiger partial charge on any atom is 0.0985 e. The Kier molecular flexibility index (Phi) is 19.6. The van der Waals surface area contributed by atoms with Crippen LogP contribution in [-0.4, -0.2) is 33.4 Å². The molecule has 0 spiro atoms. The topological polar surface area (TPSA) is 0 Å². The Bertz CT molecular complexity index is 2350. The van der Waals surface area contributed by atoms with Crippen molar-refractivity contribution >= 4 is 5.57 Å². The van der Waals surface area contributed by atoms with Crippen molar-refractivity contribution in [1.29, 1.82) is 0 Å². The van der Waals surface area contributed by atoms with Crippen molar-refractivity contribution in [3.05, 3.63) is 184 Å². The first-order valence-electron chi connectivity index (χ1n) is 26.0. The third kappa shape index (κ3) is 14.6. The van der Waals surface area contributed by atoms with Crippen LogP contribution in [0.4, 0.5) is 22.0 Å². The molecule has 5 heteroatoms. The van der Waals surface area contributed by atoms with Crippen LogP contribution in [0.15, 0.2) is 128 Å². The van der Waals surface area contributed by atoms with Crippen LogP contribution < -0.4 is 0 Å². The van der Waals surface area contributed by atoms with Gasteiger partial charge in [0.1, 0.15) is 0 Å². The van der Waals surface area contributed by atoms with Crippen molar-refractivity contribution in [2.75, 3.05) is 33.4 Å². The molecule has 0 aliphatic heterocycles. The van der Waals surface area contributed by atoms with Gasteiger partial charge in [-0.15, -0.1) is 0 Å². The molecule has 0 fully saturated rings. The largest absolute Gasteiger partial charge is 0.251 e. The monoisotopic (exact) mass is 961 g/mol. The van der Waals surface area contributed by atoms with Gasteiger partial charge in [-0.25, -0.2) is 0 Å². The maximum atomic E-state index is 14.9. The molecule has 5 aromatic rings. The number of alkyl halides is 5. The van der Waals surface area contributed by atoms with Gasteiger partial charge in [0.05, 0.1) is 33.4 Å². The van der Waals surface area contributed by atoms with E-state index < -0.39 is 32.1 Å². The Balaban J connectivity index is 1.40. The number of allylic oxidation sites excluding steroid dienone is 1. The number of hydrogen-bond donors (Lipinski definition) is 0. The minimum atomic E-state index is -0.603. The van der Waals surface area contributed by atoms with E-state index >= 15 is 0 Å². The number of benzene rings is 5. The quantitative estimate of drug-likeness (QED) is 0.0460. The zero-order valence-corrected chi connectivity index (χ0v) is 44.6. The van der Waals surface area contributed by atoms with Crippen LogP contribution >= 0.6 is 0 Å². The first-order valence-corrected chi connectivity index (χ1v) is 26.0. The van der Waals surface area contributed by atoms with Gasteiger partial charge in [-0.2, -0.15) is 0 Å². The summed E-state index contributed by atoms with van der Waals surface area (Å²) in [5, 5.41) is 0. The molecule has 4 unspecified atom stereocenters. The smallest absolute Gasteiger partial charge is 0.0985 e. The Labute approximate surface area is 421 Å². The molecule has 0 amide bonds. The molecular formula is C65H85F5. The fourth-order valence-corrected chi connectivity index (χ4v) is 10.7. The van der Waals surface area contributed by atoms with Gasteiger partial charge in [0, 0.05) is 17.3 Å². The van der Waals surface area contributed by atoms with E-state index in [2.05, 4.69) is 159 Å². The van der Waals surface area contributed by atoms with E-state index in [0.29, 0.717) is 19.3 Å². The molecule has 0 heterocycles. The summed E-state index contributed by atoms with van der Waals surface area (Å²) in [5.74, 6) is -0.488. The molecular weight excluding hydrogens is 876 g/mol. The molecule has 0 saturated heterocycles. The van der Waals surface area contributed by atoms with Crippen molar-refractivity contribution < 1.29 is 22.0 Å². The number of rotatable bonds is 27. The summed E-state index contributed by atoms with van der Waals surface area (Å²) in [7, 11) is 0. The fourth-order valence-electron chi connectivity index (χ4n) is 10.7. The molecule has 0 aliphatic rings. The van der Waals surface area contributed by atoms with Crippen molar-refractivity contribution in [3.63, 3.8) is 0 Å². The van der Waals surface area contributed by atoms with Crippen molar-refractivity contribution in [3.8, 4) is 0 Å². The molecule has 0 radical (unpaired) electrons. The van der Waals surface area contributed by atoms with E-state index in [9.17, 15) is 22.0 Å². The highest BCUT2D eigenvalue weighted by molar-refractivity contribution is 5.61. The molecule has 0 N–H and O–H groups in total. The van der Waals surface area contributed by atoms with Crippen LogP contribution in [0, 0.1) is 0 Å². The first kappa shape index (κ1) is 56.4. The van der Waals surface area contributed by atoms with Gasteiger partial charge in [-0.3, -0.25) is 22.0 Å². The SMILES string of the molecule is C=C(C)c1ccc(C(C)(C)CCC(CF)c2ccc(C(C)(C)CC(CC(CCF)c3ccc(C(C)(C)CF)cc3)c3ccc(C(C)(C)CC(CF)c4ccc(C(C)(C)CCCF)cc4)cc3)cc2)cc1. The average molecular weight is 961 g/mol. The van der Waals surface area contributed by atoms with Gasteiger partial charge in [-0.05, 0) is 147 Å². The predicted octanol–water partition coefficient (Wildman–Crippen LogP) is 19.2. The number of hydrogen-bond acceptors (Lipinski definition) is 0. The molecule has 0 bridgehead atoms. The third-order valence-corrected chi connectivity index (χ3v) is 16.1. The zero-order valence-electron chi connectivity index (χ0n) is 44.6. The molecule has 0 nitrogen and oxygen atoms in total. The molecule has 0 aromatic heterocycles. The summed E-state index contributed by atoms with van der Waals surface area (Å²) in [6, 6.07) is 42.4. The van der Waals surface area contributed by atoms with E-state index in [1.54, 1.807) is 0 Å². The van der Waals surface area contributed by atoms with Crippen molar-refractivity contribution in [2.45, 2.75) is 178 Å². The highest BCUT2D eigenvalue weighted by Crippen LogP contribution is 2.44. The normalized spacial score (nSPS) is 14.6. The summed E-state index contributed by atoms with van der Waals surface area (Å²) in [6.45, 7) is 25.4. The van der Waals surface area contributed by atoms with Crippen LogP contribution in [0.25, 0.3) is 5.57 Å². The summed E-state index contributed by atoms with van der Waals surface area (Å²) >= 11 is 0. The Morgan fingerprint density at radius 2 is 0.757 bits per heavy atom. The summed E-state index contributed by atoms with van der Waals surface area (Å²) < 4.78 is 71.3. The van der Waals surface area contributed by atoms with E-state index in [4.69, 9.17) is 0 Å². The van der Waals surface area contributed by atoms with E-state index in [1.807, 2.05) is 45.0 Å². The molecule has 5 aromatic carbocycles. The molecule has 4 atom stereocenters. The number of halogens is 5. The Morgan fingerprint density at radius 1 is 0.400 bits per heavy atom. The van der Waals surface area contributed by atoms with E-state index in [-0.39, 0.29) is 52.0 Å². The molecule has 0 aliphatic carbocycles. The summed E-state index contributed by atoms with van der Waals surface area (Å²) in [6.07, 6.45) is 5.37. The molecule has 380 valence electrons. The van der Waals surface area contributed by atoms with Gasteiger partial charge >= 0.3 is 0 Å². The second kappa shape index (κ2) is 24.3. The van der Waals surface area contributed by atoms with Crippen LogP contribution in [0.2, 0.25) is 0 Å². The lowest BCUT2D eigenvalue weighted by atomic mass is 9.70. The van der Waals surface area contributed by atoms with Crippen LogP contribution in [0.5, 0.6) is 0 Å². The average Bonchev–Trinajstić information content (AvgIpc) is 3.35. The molecule has 0 saturated carbocycles. The van der Waals surface area contributed by atoms with E-state index in [0.717, 1.165) is 76.6 Å². The predicted molar refractivity (Wildman–Crippen MR) is 290 cm³/mol.